The average Bonchev–Trinajstić information content (AvgIpc) is 0.761. The van der Waals surface area contributed by atoms with Crippen LogP contribution in [-0.2, 0) is 17.8 Å². The summed E-state index contributed by atoms with van der Waals surface area (Å²) in [5.41, 5.74) is 3.51. The summed E-state index contributed by atoms with van der Waals surface area (Å²) in [4.78, 5) is 83.5. The number of amides is 1. The molecule has 0 spiro atoms. The number of aliphatic hydroxyl groups excluding tert-OH is 3. The van der Waals surface area contributed by atoms with Gasteiger partial charge >= 0.3 is 6.09 Å². The highest BCUT2D eigenvalue weighted by molar-refractivity contribution is 6.12. The SMILES string of the molecule is C.CC(C)(C)OC(=O)N1CCC(C#N)CC1.CC1(C#N)CCN(Cc2cc3c(=O)n([C@H]4CCCC[C@@H]4O)cnc3c3ccccc23)CC1.CC1(C#N)CCN(Cc2cc3c(=O)n([C@H]4CCCC[C@@H]4O)cnc3c3ccccc23)CC1.CC1(C#N)CCNCC1.O=Cc1cc2c(=O)n([C@H]3CCCC[C@@H]3O)cnc2c2ccccc12. The Labute approximate surface area is 662 Å². The van der Waals surface area contributed by atoms with E-state index < -0.39 is 23.9 Å². The molecule has 6 aromatic carbocycles. The van der Waals surface area contributed by atoms with E-state index in [4.69, 9.17) is 25.2 Å². The summed E-state index contributed by atoms with van der Waals surface area (Å²) in [6, 6.07) is 38.3. The molecule has 0 unspecified atom stereocenters. The molecule has 6 atom stereocenters. The van der Waals surface area contributed by atoms with Gasteiger partial charge in [0, 0.05) is 53.8 Å². The maximum absolute atomic E-state index is 13.5. The van der Waals surface area contributed by atoms with Crippen LogP contribution >= 0.6 is 0 Å². The Morgan fingerprint density at radius 1 is 0.496 bits per heavy atom. The van der Waals surface area contributed by atoms with E-state index in [-0.39, 0.29) is 70.5 Å². The number of carbonyl (C=O) groups excluding carboxylic acids is 2. The predicted octanol–water partition coefficient (Wildman–Crippen LogP) is 14.8. The molecule has 1 amide bonds. The second kappa shape index (κ2) is 37.0. The number of fused-ring (bicyclic) bond motifs is 9. The Kier molecular flexibility index (Phi) is 27.5. The van der Waals surface area contributed by atoms with E-state index in [0.717, 1.165) is 235 Å². The number of nitrogens with zero attached hydrogens (tertiary/aromatic N) is 13. The molecule has 9 aromatic rings. The minimum Gasteiger partial charge on any atom is -0.444 e. The van der Waals surface area contributed by atoms with Crippen LogP contribution in [0.4, 0.5) is 4.79 Å². The van der Waals surface area contributed by atoms with Crippen LogP contribution in [0.3, 0.4) is 0 Å². The van der Waals surface area contributed by atoms with Gasteiger partial charge in [-0.25, -0.2) is 19.7 Å². The van der Waals surface area contributed by atoms with Crippen LogP contribution in [0.2, 0.25) is 0 Å². The summed E-state index contributed by atoms with van der Waals surface area (Å²) in [6.45, 7) is 20.0. The van der Waals surface area contributed by atoms with Crippen molar-refractivity contribution in [1.29, 1.82) is 21.0 Å². The lowest BCUT2D eigenvalue weighted by Crippen LogP contribution is -2.41. The van der Waals surface area contributed by atoms with Gasteiger partial charge in [0.2, 0.25) is 0 Å². The third-order valence-electron chi connectivity index (χ3n) is 24.4. The Bertz CT molecular complexity index is 5040. The molecule has 0 radical (unpaired) electrons. The molecule has 7 heterocycles. The molecule has 4 saturated heterocycles. The lowest BCUT2D eigenvalue weighted by Gasteiger charge is -2.35. The Morgan fingerprint density at radius 3 is 1.17 bits per heavy atom. The standard InChI is InChI=1S/2C26H30N4O2.C19H18N2O3.C11H18N2O2.C7H12N2.CH4/c2*1-26(16-27)10-12-29(13-11-26)15-18-14-21-24(20-7-3-2-6-19(18)20)28-17-30(25(21)32)22-8-4-5-9-23(22)31;22-10-12-9-15-18(14-6-2-1-5-13(12)14)20-11-21(19(15)24)16-7-3-4-8-17(16)23;1-11(2,3)15-10(14)13-6-4-9(8-12)5-7-13;1-7(6-8)2-4-9-5-3-7;/h2*2-3,6-7,14,17,22-23,31H,4-5,8-13,15H2,1H3;1-2,5-6,9-11,16-17,23H,3-4,7-8H2;9H,4-7H2,1-3H3;9H,2-5H2,1H3;1H4/t2*22-,23-;16-,17-;;;/m000.../s1. The summed E-state index contributed by atoms with van der Waals surface area (Å²) >= 11 is 0. The molecule has 23 heteroatoms. The van der Waals surface area contributed by atoms with Gasteiger partial charge in [0.15, 0.2) is 6.29 Å². The number of aldehydes is 1. The third-order valence-corrected chi connectivity index (χ3v) is 24.4. The van der Waals surface area contributed by atoms with E-state index in [1.54, 1.807) is 32.8 Å². The van der Waals surface area contributed by atoms with Crippen molar-refractivity contribution >= 4 is 77.4 Å². The number of nitrogens with one attached hydrogen (secondary N) is 1. The van der Waals surface area contributed by atoms with Crippen molar-refractivity contribution in [2.45, 2.75) is 233 Å². The van der Waals surface area contributed by atoms with Crippen LogP contribution in [0.5, 0.6) is 0 Å². The molecule has 23 nitrogen and oxygen atoms in total. The summed E-state index contributed by atoms with van der Waals surface area (Å²) in [7, 11) is 0. The minimum absolute atomic E-state index is 0. The number of aromatic nitrogens is 6. The highest BCUT2D eigenvalue weighted by Crippen LogP contribution is 2.38. The Hall–Kier alpha value is -9.82. The second-order valence-electron chi connectivity index (χ2n) is 33.8. The summed E-state index contributed by atoms with van der Waals surface area (Å²) < 4.78 is 10.1. The molecule has 4 aliphatic heterocycles. The quantitative estimate of drug-likeness (QED) is 0.0811. The number of nitriles is 4. The van der Waals surface area contributed by atoms with Gasteiger partial charge in [0.05, 0.1) is 129 Å². The molecule has 4 N–H and O–H groups in total. The number of rotatable bonds is 8. The van der Waals surface area contributed by atoms with E-state index in [1.807, 2.05) is 114 Å². The van der Waals surface area contributed by atoms with Gasteiger partial charge in [-0.05, 0) is 216 Å². The van der Waals surface area contributed by atoms with Crippen molar-refractivity contribution in [2.24, 2.45) is 22.2 Å². The molecule has 7 fully saturated rings. The van der Waals surface area contributed by atoms with E-state index in [9.17, 15) is 49.8 Å². The molecule has 596 valence electrons. The van der Waals surface area contributed by atoms with Crippen LogP contribution in [0, 0.1) is 67.5 Å². The molecule has 3 aromatic heterocycles. The lowest BCUT2D eigenvalue weighted by atomic mass is 9.82. The first-order valence-electron chi connectivity index (χ1n) is 40.4. The van der Waals surface area contributed by atoms with Crippen molar-refractivity contribution in [3.05, 3.63) is 158 Å². The van der Waals surface area contributed by atoms with Crippen LogP contribution in [-0.4, -0.2) is 147 Å². The number of ether oxygens (including phenoxy) is 1. The Morgan fingerprint density at radius 2 is 0.832 bits per heavy atom. The number of aliphatic hydroxyl groups is 3. The molecule has 3 saturated carbocycles. The molecular formula is C90H112N14O9. The highest BCUT2D eigenvalue weighted by atomic mass is 16.6. The molecule has 3 aliphatic carbocycles. The van der Waals surface area contributed by atoms with Gasteiger partial charge in [0.1, 0.15) is 5.60 Å². The highest BCUT2D eigenvalue weighted by Gasteiger charge is 2.35. The maximum Gasteiger partial charge on any atom is 0.410 e. The monoisotopic (exact) mass is 1530 g/mol. The number of likely N-dealkylation sites (tertiary alicyclic amines) is 3. The minimum atomic E-state index is -0.526. The molecule has 7 aliphatic rings. The third kappa shape index (κ3) is 19.5. The van der Waals surface area contributed by atoms with E-state index in [1.165, 1.54) is 10.9 Å². The predicted molar refractivity (Wildman–Crippen MR) is 442 cm³/mol. The molecule has 16 rings (SSSR count). The fourth-order valence-electron chi connectivity index (χ4n) is 17.1. The number of benzene rings is 6. The first-order valence-corrected chi connectivity index (χ1v) is 40.4. The van der Waals surface area contributed by atoms with Gasteiger partial charge in [0.25, 0.3) is 16.7 Å². The van der Waals surface area contributed by atoms with Crippen molar-refractivity contribution < 1.29 is 29.6 Å². The summed E-state index contributed by atoms with van der Waals surface area (Å²) in [6.07, 6.45) is 21.3. The van der Waals surface area contributed by atoms with Gasteiger partial charge in [-0.3, -0.25) is 42.7 Å². The zero-order valence-corrected chi connectivity index (χ0v) is 65.8. The number of hydrogen-bond acceptors (Lipinski definition) is 19. The van der Waals surface area contributed by atoms with Crippen LogP contribution in [0.15, 0.2) is 124 Å². The molecular weight excluding hydrogens is 1420 g/mol. The topological polar surface area (TPSA) is 326 Å². The van der Waals surface area contributed by atoms with E-state index in [0.29, 0.717) is 46.7 Å². The normalized spacial score (nSPS) is 22.5. The fourth-order valence-corrected chi connectivity index (χ4v) is 17.1. The summed E-state index contributed by atoms with van der Waals surface area (Å²) in [5, 5.41) is 78.2. The van der Waals surface area contributed by atoms with Gasteiger partial charge < -0.3 is 30.3 Å². The largest absolute Gasteiger partial charge is 0.444 e. The second-order valence-corrected chi connectivity index (χ2v) is 33.8. The Balaban J connectivity index is 0.000000147. The van der Waals surface area contributed by atoms with Gasteiger partial charge in [-0.1, -0.05) is 119 Å². The van der Waals surface area contributed by atoms with Gasteiger partial charge in [-0.15, -0.1) is 0 Å². The van der Waals surface area contributed by atoms with Gasteiger partial charge in [-0.2, -0.15) is 21.0 Å². The molecule has 0 bridgehead atoms. The number of carbonyl (C=O) groups is 2. The number of piperidine rings is 4. The zero-order chi connectivity index (χ0) is 79.5. The van der Waals surface area contributed by atoms with Crippen molar-refractivity contribution in [3.8, 4) is 24.3 Å². The van der Waals surface area contributed by atoms with Crippen molar-refractivity contribution in [1.82, 2.24) is 48.7 Å². The van der Waals surface area contributed by atoms with Crippen LogP contribution in [0.1, 0.15) is 217 Å². The summed E-state index contributed by atoms with van der Waals surface area (Å²) in [5.74, 6) is 0.101. The zero-order valence-electron chi connectivity index (χ0n) is 65.8. The van der Waals surface area contributed by atoms with Crippen molar-refractivity contribution in [3.63, 3.8) is 0 Å². The van der Waals surface area contributed by atoms with E-state index in [2.05, 4.69) is 56.5 Å². The fraction of sp³-hybridized carbons (Fsp3) is 0.533. The first-order chi connectivity index (χ1) is 53.9. The van der Waals surface area contributed by atoms with E-state index >= 15 is 0 Å². The smallest absolute Gasteiger partial charge is 0.410 e. The van der Waals surface area contributed by atoms with Crippen LogP contribution in [0.25, 0.3) is 65.0 Å². The van der Waals surface area contributed by atoms with Crippen molar-refractivity contribution in [2.75, 3.05) is 52.4 Å². The average molecular weight is 1530 g/mol. The maximum atomic E-state index is 13.5. The lowest BCUT2D eigenvalue weighted by molar-refractivity contribution is 0.0199. The molecule has 113 heavy (non-hydrogen) atoms. The first kappa shape index (κ1) is 84.1. The van der Waals surface area contributed by atoms with Crippen LogP contribution < -0.4 is 22.0 Å². The number of hydrogen-bond donors (Lipinski definition) is 4.